The van der Waals surface area contributed by atoms with Crippen LogP contribution in [0.25, 0.3) is 44.1 Å². The minimum absolute atomic E-state index is 0.0139. The van der Waals surface area contributed by atoms with Gasteiger partial charge in [-0.2, -0.15) is 10.1 Å². The molecule has 3 aromatic heterocycles. The first-order chi connectivity index (χ1) is 20.3. The van der Waals surface area contributed by atoms with Gasteiger partial charge in [-0.25, -0.2) is 13.8 Å². The number of fused-ring (bicyclic) bond motifs is 5. The highest BCUT2D eigenvalue weighted by Gasteiger charge is 2.45. The zero-order valence-corrected chi connectivity index (χ0v) is 26.9. The van der Waals surface area contributed by atoms with E-state index in [4.69, 9.17) is 31.3 Å². The lowest BCUT2D eigenvalue weighted by atomic mass is 9.89. The number of benzene rings is 3. The molecule has 2 unspecified atom stereocenters. The van der Waals surface area contributed by atoms with Crippen LogP contribution in [0.2, 0.25) is 5.02 Å². The average molecular weight is 728 g/mol. The van der Waals surface area contributed by atoms with Gasteiger partial charge in [0.15, 0.2) is 5.16 Å². The molecular weight excluding hydrogens is 707 g/mol. The molecule has 0 radical (unpaired) electrons. The second-order valence-corrected chi connectivity index (χ2v) is 13.1. The van der Waals surface area contributed by atoms with E-state index in [0.717, 1.165) is 21.9 Å². The van der Waals surface area contributed by atoms with Gasteiger partial charge in [0.05, 0.1) is 40.1 Å². The van der Waals surface area contributed by atoms with Gasteiger partial charge in [0.25, 0.3) is 0 Å². The van der Waals surface area contributed by atoms with Crippen molar-refractivity contribution >= 4 is 73.5 Å². The van der Waals surface area contributed by atoms with Crippen LogP contribution in [-0.4, -0.2) is 35.9 Å². The van der Waals surface area contributed by atoms with E-state index >= 15 is 0 Å². The summed E-state index contributed by atoms with van der Waals surface area (Å²) in [5.41, 5.74) is 3.59. The average Bonchev–Trinajstić information content (AvgIpc) is 3.53. The molecule has 0 saturated heterocycles. The maximum atomic E-state index is 15.0. The second-order valence-electron chi connectivity index (χ2n) is 9.95. The number of pyridine rings is 1. The Labute approximate surface area is 264 Å². The lowest BCUT2D eigenvalue weighted by molar-refractivity contribution is 0.102. The number of aromatic nitrogens is 5. The third-order valence-corrected chi connectivity index (χ3v) is 10.3. The van der Waals surface area contributed by atoms with E-state index in [1.165, 1.54) is 17.8 Å². The van der Waals surface area contributed by atoms with Crippen molar-refractivity contribution in [1.82, 2.24) is 24.5 Å². The number of aliphatic hydroxyl groups is 1. The molecule has 0 fully saturated rings. The van der Waals surface area contributed by atoms with Gasteiger partial charge in [-0.3, -0.25) is 4.98 Å². The first-order valence-corrected chi connectivity index (χ1v) is 18.5. The first-order valence-electron chi connectivity index (χ1n) is 12.8. The van der Waals surface area contributed by atoms with Gasteiger partial charge in [-0.15, -0.1) is 0 Å². The number of ether oxygens (including phenoxy) is 1. The van der Waals surface area contributed by atoms with Gasteiger partial charge in [0, 0.05) is 28.1 Å². The summed E-state index contributed by atoms with van der Waals surface area (Å²) < 4.78 is 23.1. The summed E-state index contributed by atoms with van der Waals surface area (Å²) in [4.78, 5) is 14.3. The molecule has 7 rings (SSSR count). The molecule has 0 amide bonds. The van der Waals surface area contributed by atoms with Gasteiger partial charge in [-0.05, 0) is 69.9 Å². The zero-order chi connectivity index (χ0) is 29.2. The summed E-state index contributed by atoms with van der Waals surface area (Å²) in [5, 5.41) is 19.3. The molecule has 210 valence electrons. The molecule has 1 aliphatic rings. The maximum Gasteiger partial charge on any atom is 0.226 e. The molecule has 0 bridgehead atoms. The summed E-state index contributed by atoms with van der Waals surface area (Å²) in [6, 6.07) is 16.7. The normalized spacial score (nSPS) is 16.0. The first kappa shape index (κ1) is 27.9. The van der Waals surface area contributed by atoms with E-state index < -0.39 is 11.4 Å². The van der Waals surface area contributed by atoms with Crippen molar-refractivity contribution in [1.29, 1.82) is 0 Å². The predicted octanol–water partition coefficient (Wildman–Crippen LogP) is 8.16. The standard InChI is InChI=1S/C30H21ClFIN5O2PS/c1-30(39)24-17(23-27(30)36-29(42-2)37-28(23)40-14-15-6-4-3-5-7-15)10-11-34-26(24)22-18-13-35-38(41-33)20(18)12-16-8-9-19(32)25(31)21(16)22/h3-13,39,41H,14H2,1-2H3. The summed E-state index contributed by atoms with van der Waals surface area (Å²) in [6.07, 6.45) is 5.64. The Hall–Kier alpha value is -2.89. The highest BCUT2D eigenvalue weighted by Crippen LogP contribution is 2.54. The monoisotopic (exact) mass is 727 g/mol. The fourth-order valence-electron chi connectivity index (χ4n) is 5.63. The maximum absolute atomic E-state index is 15.0. The Balaban J connectivity index is 1.52. The lowest BCUT2D eigenvalue weighted by Crippen LogP contribution is -2.23. The second kappa shape index (κ2) is 10.7. The van der Waals surface area contributed by atoms with Gasteiger partial charge in [0.2, 0.25) is 5.88 Å². The summed E-state index contributed by atoms with van der Waals surface area (Å²) in [6.45, 7) is 1.99. The molecule has 0 saturated carbocycles. The van der Waals surface area contributed by atoms with Gasteiger partial charge in [0.1, 0.15) is 18.0 Å². The molecule has 7 nitrogen and oxygen atoms in total. The highest BCUT2D eigenvalue weighted by molar-refractivity contribution is 14.2. The molecule has 6 aromatic rings. The van der Waals surface area contributed by atoms with Crippen LogP contribution in [0.4, 0.5) is 4.39 Å². The van der Waals surface area contributed by atoms with Crippen molar-refractivity contribution in [2.24, 2.45) is 0 Å². The Kier molecular flexibility index (Phi) is 7.10. The number of hydrogen-bond donors (Lipinski definition) is 1. The summed E-state index contributed by atoms with van der Waals surface area (Å²) in [7, 11) is 0. The summed E-state index contributed by atoms with van der Waals surface area (Å²) >= 11 is 10.3. The van der Waals surface area contributed by atoms with Crippen LogP contribution in [0, 0.1) is 5.82 Å². The molecule has 0 spiro atoms. The number of nitrogens with zero attached hydrogens (tertiary/aromatic N) is 5. The van der Waals surface area contributed by atoms with E-state index in [1.807, 2.05) is 53.2 Å². The SMILES string of the molecule is CSc1nc(OCc2ccccc2)c2c(n1)C(C)(O)c1c-2ccnc1-c1c2cnn(PI)c2cc2ccc(F)c(Cl)c12. The van der Waals surface area contributed by atoms with Crippen LogP contribution >= 0.6 is 51.8 Å². The smallest absolute Gasteiger partial charge is 0.226 e. The zero-order valence-electron chi connectivity index (χ0n) is 22.2. The van der Waals surface area contributed by atoms with Crippen LogP contribution in [0.1, 0.15) is 23.7 Å². The fourth-order valence-corrected chi connectivity index (χ4v) is 7.79. The molecule has 12 heteroatoms. The van der Waals surface area contributed by atoms with Crippen LogP contribution in [-0.2, 0) is 12.2 Å². The molecule has 3 heterocycles. The Bertz CT molecular complexity index is 2040. The molecule has 0 aliphatic heterocycles. The Morgan fingerprint density at radius 1 is 1.14 bits per heavy atom. The number of rotatable bonds is 6. The van der Waals surface area contributed by atoms with Crippen LogP contribution in [0.5, 0.6) is 5.88 Å². The Morgan fingerprint density at radius 2 is 1.95 bits per heavy atom. The molecule has 1 aliphatic carbocycles. The van der Waals surface area contributed by atoms with Crippen molar-refractivity contribution in [3.05, 3.63) is 94.7 Å². The van der Waals surface area contributed by atoms with Crippen molar-refractivity contribution in [3.8, 4) is 28.3 Å². The van der Waals surface area contributed by atoms with Crippen LogP contribution in [0.3, 0.4) is 0 Å². The van der Waals surface area contributed by atoms with Crippen molar-refractivity contribution < 1.29 is 14.2 Å². The molecule has 1 N–H and O–H groups in total. The van der Waals surface area contributed by atoms with Crippen LogP contribution in [0.15, 0.2) is 72.1 Å². The topological polar surface area (TPSA) is 86.0 Å². The van der Waals surface area contributed by atoms with Crippen molar-refractivity contribution in [3.63, 3.8) is 0 Å². The minimum Gasteiger partial charge on any atom is -0.472 e. The number of hydrogen-bond acceptors (Lipinski definition) is 7. The third-order valence-electron chi connectivity index (χ3n) is 7.49. The number of halogens is 3. The quantitative estimate of drug-likeness (QED) is 0.0802. The van der Waals surface area contributed by atoms with E-state index in [0.29, 0.717) is 63.0 Å². The summed E-state index contributed by atoms with van der Waals surface area (Å²) in [5.74, 6) is -0.168. The van der Waals surface area contributed by atoms with E-state index in [1.54, 1.807) is 25.4 Å². The van der Waals surface area contributed by atoms with Crippen molar-refractivity contribution in [2.75, 3.05) is 6.26 Å². The Morgan fingerprint density at radius 3 is 2.71 bits per heavy atom. The molecule has 2 atom stereocenters. The predicted molar refractivity (Wildman–Crippen MR) is 175 cm³/mol. The fraction of sp³-hybridized carbons (Fsp3) is 0.133. The molecule has 42 heavy (non-hydrogen) atoms. The number of thioether (sulfide) groups is 1. The highest BCUT2D eigenvalue weighted by atomic mass is 127. The van der Waals surface area contributed by atoms with E-state index in [9.17, 15) is 9.50 Å². The molecular formula is C30H21ClFIN5O2PS. The van der Waals surface area contributed by atoms with E-state index in [2.05, 4.69) is 27.1 Å². The van der Waals surface area contributed by atoms with Crippen molar-refractivity contribution in [2.45, 2.75) is 24.3 Å². The van der Waals surface area contributed by atoms with E-state index in [-0.39, 0.29) is 5.02 Å². The van der Waals surface area contributed by atoms with Gasteiger partial charge >= 0.3 is 0 Å². The minimum atomic E-state index is -1.57. The molecule has 3 aromatic carbocycles. The van der Waals surface area contributed by atoms with Crippen LogP contribution < -0.4 is 4.74 Å². The largest absolute Gasteiger partial charge is 0.472 e. The third kappa shape index (κ3) is 4.30. The lowest BCUT2D eigenvalue weighted by Gasteiger charge is -2.22. The van der Waals surface area contributed by atoms with Gasteiger partial charge < -0.3 is 9.84 Å². The van der Waals surface area contributed by atoms with Gasteiger partial charge in [-0.1, -0.05) is 59.8 Å².